The van der Waals surface area contributed by atoms with E-state index in [4.69, 9.17) is 10.4 Å². The number of aliphatic hydroxyl groups excluding tert-OH is 1. The highest BCUT2D eigenvalue weighted by Crippen LogP contribution is 2.10. The molecule has 0 aromatic carbocycles. The van der Waals surface area contributed by atoms with Gasteiger partial charge in [0.05, 0.1) is 25.6 Å². The zero-order chi connectivity index (χ0) is 11.0. The van der Waals surface area contributed by atoms with Gasteiger partial charge in [-0.25, -0.2) is 8.78 Å². The number of hydrogen-bond donors (Lipinski definition) is 1. The molecule has 3 nitrogen and oxygen atoms in total. The second-order valence-corrected chi connectivity index (χ2v) is 3.03. The highest BCUT2D eigenvalue weighted by molar-refractivity contribution is 4.82. The Kier molecular flexibility index (Phi) is 7.25. The van der Waals surface area contributed by atoms with E-state index in [1.807, 2.05) is 13.0 Å². The molecule has 1 unspecified atom stereocenters. The van der Waals surface area contributed by atoms with Gasteiger partial charge >= 0.3 is 0 Å². The lowest BCUT2D eigenvalue weighted by Crippen LogP contribution is -2.40. The molecule has 0 saturated heterocycles. The largest absolute Gasteiger partial charge is 0.395 e. The molecule has 0 aliphatic heterocycles. The third-order valence-electron chi connectivity index (χ3n) is 2.07. The van der Waals surface area contributed by atoms with Crippen molar-refractivity contribution >= 4 is 0 Å². The summed E-state index contributed by atoms with van der Waals surface area (Å²) >= 11 is 0. The van der Waals surface area contributed by atoms with Crippen molar-refractivity contribution in [1.29, 1.82) is 5.26 Å². The number of nitriles is 1. The SMILES string of the molecule is CCC(CC#N)N(CCO)CC(F)F. The van der Waals surface area contributed by atoms with E-state index >= 15 is 0 Å². The molecule has 5 heteroatoms. The van der Waals surface area contributed by atoms with Crippen molar-refractivity contribution < 1.29 is 13.9 Å². The molecule has 0 bridgehead atoms. The molecule has 0 fully saturated rings. The molecule has 0 spiro atoms. The third-order valence-corrected chi connectivity index (χ3v) is 2.07. The Balaban J connectivity index is 4.20. The van der Waals surface area contributed by atoms with Crippen molar-refractivity contribution in [2.75, 3.05) is 19.7 Å². The standard InChI is InChI=1S/C9H16F2N2O/c1-2-8(3-4-12)13(5-6-14)7-9(10)11/h8-9,14H,2-3,5-7H2,1H3. The summed E-state index contributed by atoms with van der Waals surface area (Å²) < 4.78 is 24.3. The minimum atomic E-state index is -2.42. The Labute approximate surface area is 82.9 Å². The minimum absolute atomic E-state index is 0.158. The van der Waals surface area contributed by atoms with E-state index in [1.54, 1.807) is 0 Å². The molecule has 82 valence electrons. The van der Waals surface area contributed by atoms with Crippen molar-refractivity contribution in [2.24, 2.45) is 0 Å². The minimum Gasteiger partial charge on any atom is -0.395 e. The predicted octanol–water partition coefficient (Wildman–Crippen LogP) is 1.24. The maximum atomic E-state index is 12.1. The molecule has 0 aromatic heterocycles. The predicted molar refractivity (Wildman–Crippen MR) is 49.0 cm³/mol. The number of aliphatic hydroxyl groups is 1. The fourth-order valence-corrected chi connectivity index (χ4v) is 1.37. The van der Waals surface area contributed by atoms with Crippen molar-refractivity contribution in [3.05, 3.63) is 0 Å². The Morgan fingerprint density at radius 3 is 2.50 bits per heavy atom. The average molecular weight is 206 g/mol. The molecule has 0 amide bonds. The van der Waals surface area contributed by atoms with Crippen LogP contribution >= 0.6 is 0 Å². The summed E-state index contributed by atoms with van der Waals surface area (Å²) in [4.78, 5) is 1.47. The van der Waals surface area contributed by atoms with Gasteiger partial charge in [0.15, 0.2) is 0 Å². The van der Waals surface area contributed by atoms with Crippen molar-refractivity contribution in [3.8, 4) is 6.07 Å². The first-order valence-corrected chi connectivity index (χ1v) is 4.65. The molecular formula is C9H16F2N2O. The maximum Gasteiger partial charge on any atom is 0.251 e. The number of halogens is 2. The second-order valence-electron chi connectivity index (χ2n) is 3.03. The lowest BCUT2D eigenvalue weighted by molar-refractivity contribution is 0.0544. The fourth-order valence-electron chi connectivity index (χ4n) is 1.37. The van der Waals surface area contributed by atoms with Gasteiger partial charge in [-0.3, -0.25) is 4.90 Å². The number of alkyl halides is 2. The van der Waals surface area contributed by atoms with Crippen LogP contribution in [0.4, 0.5) is 8.78 Å². The van der Waals surface area contributed by atoms with Crippen molar-refractivity contribution in [2.45, 2.75) is 32.2 Å². The summed E-state index contributed by atoms with van der Waals surface area (Å²) in [6.07, 6.45) is -1.56. The van der Waals surface area contributed by atoms with Gasteiger partial charge < -0.3 is 5.11 Å². The molecule has 0 heterocycles. The maximum absolute atomic E-state index is 12.1. The molecule has 0 rings (SSSR count). The van der Waals surface area contributed by atoms with Crippen LogP contribution in [0.2, 0.25) is 0 Å². The number of hydrogen-bond acceptors (Lipinski definition) is 3. The van der Waals surface area contributed by atoms with Crippen molar-refractivity contribution in [3.63, 3.8) is 0 Å². The first kappa shape index (κ1) is 13.3. The van der Waals surface area contributed by atoms with Crippen molar-refractivity contribution in [1.82, 2.24) is 4.90 Å². The first-order valence-electron chi connectivity index (χ1n) is 4.65. The summed E-state index contributed by atoms with van der Waals surface area (Å²) in [5.41, 5.74) is 0. The van der Waals surface area contributed by atoms with Crippen LogP contribution in [-0.2, 0) is 0 Å². The quantitative estimate of drug-likeness (QED) is 0.681. The van der Waals surface area contributed by atoms with E-state index in [-0.39, 0.29) is 32.2 Å². The van der Waals surface area contributed by atoms with Crippen LogP contribution in [0.15, 0.2) is 0 Å². The highest BCUT2D eigenvalue weighted by atomic mass is 19.3. The summed E-state index contributed by atoms with van der Waals surface area (Å²) in [7, 11) is 0. The van der Waals surface area contributed by atoms with Crippen LogP contribution in [0.5, 0.6) is 0 Å². The number of nitrogens with zero attached hydrogens (tertiary/aromatic N) is 2. The zero-order valence-corrected chi connectivity index (χ0v) is 8.29. The molecule has 0 aliphatic carbocycles. The van der Waals surface area contributed by atoms with Gasteiger partial charge in [0.1, 0.15) is 0 Å². The van der Waals surface area contributed by atoms with E-state index in [0.29, 0.717) is 6.42 Å². The molecule has 14 heavy (non-hydrogen) atoms. The summed E-state index contributed by atoms with van der Waals surface area (Å²) in [5.74, 6) is 0. The fraction of sp³-hybridized carbons (Fsp3) is 0.889. The van der Waals surface area contributed by atoms with Gasteiger partial charge in [-0.05, 0) is 6.42 Å². The van der Waals surface area contributed by atoms with E-state index in [2.05, 4.69) is 0 Å². The van der Waals surface area contributed by atoms with Gasteiger partial charge in [-0.2, -0.15) is 5.26 Å². The van der Waals surface area contributed by atoms with Gasteiger partial charge in [0.2, 0.25) is 0 Å². The Morgan fingerprint density at radius 1 is 1.50 bits per heavy atom. The lowest BCUT2D eigenvalue weighted by atomic mass is 10.1. The van der Waals surface area contributed by atoms with E-state index in [1.165, 1.54) is 4.90 Å². The van der Waals surface area contributed by atoms with Crippen LogP contribution in [0.3, 0.4) is 0 Å². The summed E-state index contributed by atoms with van der Waals surface area (Å²) in [6, 6.07) is 1.78. The number of rotatable bonds is 7. The summed E-state index contributed by atoms with van der Waals surface area (Å²) in [5, 5.41) is 17.2. The summed E-state index contributed by atoms with van der Waals surface area (Å²) in [6.45, 7) is 1.51. The Morgan fingerprint density at radius 2 is 2.14 bits per heavy atom. The third kappa shape index (κ3) is 5.10. The van der Waals surface area contributed by atoms with Gasteiger partial charge in [-0.1, -0.05) is 6.92 Å². The van der Waals surface area contributed by atoms with Crippen LogP contribution in [-0.4, -0.2) is 42.2 Å². The van der Waals surface area contributed by atoms with Gasteiger partial charge in [0.25, 0.3) is 6.43 Å². The molecule has 0 saturated carbocycles. The molecular weight excluding hydrogens is 190 g/mol. The van der Waals surface area contributed by atoms with Crippen LogP contribution in [0.25, 0.3) is 0 Å². The van der Waals surface area contributed by atoms with E-state index < -0.39 is 6.43 Å². The monoisotopic (exact) mass is 206 g/mol. The highest BCUT2D eigenvalue weighted by Gasteiger charge is 2.19. The van der Waals surface area contributed by atoms with Crippen LogP contribution in [0.1, 0.15) is 19.8 Å². The average Bonchev–Trinajstić information content (AvgIpc) is 2.13. The molecule has 1 N–H and O–H groups in total. The molecule has 0 radical (unpaired) electrons. The zero-order valence-electron chi connectivity index (χ0n) is 8.29. The molecule has 0 aromatic rings. The molecule has 1 atom stereocenters. The van der Waals surface area contributed by atoms with E-state index in [0.717, 1.165) is 0 Å². The van der Waals surface area contributed by atoms with Gasteiger partial charge in [-0.15, -0.1) is 0 Å². The molecule has 0 aliphatic rings. The first-order chi connectivity index (χ1) is 6.65. The Hall–Kier alpha value is -0.730. The smallest absolute Gasteiger partial charge is 0.251 e. The normalized spacial score (nSPS) is 13.2. The second kappa shape index (κ2) is 7.65. The van der Waals surface area contributed by atoms with Gasteiger partial charge in [0, 0.05) is 12.6 Å². The van der Waals surface area contributed by atoms with Crippen LogP contribution < -0.4 is 0 Å². The van der Waals surface area contributed by atoms with Crippen LogP contribution in [0, 0.1) is 11.3 Å². The topological polar surface area (TPSA) is 47.3 Å². The van der Waals surface area contributed by atoms with E-state index in [9.17, 15) is 8.78 Å². The Bertz CT molecular complexity index is 182. The lowest BCUT2D eigenvalue weighted by Gasteiger charge is -2.28.